The molecule has 1 unspecified atom stereocenters. The first kappa shape index (κ1) is 14.6. The Morgan fingerprint density at radius 2 is 1.50 bits per heavy atom. The van der Waals surface area contributed by atoms with Gasteiger partial charge in [0, 0.05) is 0 Å². The quantitative estimate of drug-likeness (QED) is 0.846. The highest BCUT2D eigenvalue weighted by Crippen LogP contribution is 2.38. The minimum absolute atomic E-state index is 0.174. The molecule has 0 spiro atoms. The van der Waals surface area contributed by atoms with Gasteiger partial charge in [-0.25, -0.2) is 0 Å². The lowest BCUT2D eigenvalue weighted by Crippen LogP contribution is -2.15. The molecule has 1 aromatic carbocycles. The average molecular weight is 254 g/mol. The van der Waals surface area contributed by atoms with E-state index in [1.54, 1.807) is 28.3 Å². The highest BCUT2D eigenvalue weighted by molar-refractivity contribution is 5.53. The van der Waals surface area contributed by atoms with Crippen molar-refractivity contribution in [3.63, 3.8) is 0 Å². The van der Waals surface area contributed by atoms with Crippen LogP contribution in [0.4, 0.5) is 0 Å². The fourth-order valence-electron chi connectivity index (χ4n) is 1.80. The Morgan fingerprint density at radius 3 is 1.83 bits per heavy atom. The Balaban J connectivity index is 3.07. The van der Waals surface area contributed by atoms with Crippen molar-refractivity contribution in [2.45, 2.75) is 26.4 Å². The highest BCUT2D eigenvalue weighted by Gasteiger charge is 2.16. The maximum atomic E-state index is 9.55. The summed E-state index contributed by atoms with van der Waals surface area (Å²) in [7, 11) is 4.77. The van der Waals surface area contributed by atoms with Crippen LogP contribution in [0.3, 0.4) is 0 Å². The Hall–Kier alpha value is -1.42. The number of aliphatic hydroxyl groups excluding tert-OH is 1. The summed E-state index contributed by atoms with van der Waals surface area (Å²) in [6.45, 7) is 3.80. The first-order chi connectivity index (χ1) is 8.53. The Morgan fingerprint density at radius 1 is 1.00 bits per heavy atom. The van der Waals surface area contributed by atoms with Gasteiger partial charge in [0.25, 0.3) is 0 Å². The molecule has 1 N–H and O–H groups in total. The van der Waals surface area contributed by atoms with Crippen LogP contribution in [-0.2, 0) is 6.42 Å². The molecular weight excluding hydrogens is 232 g/mol. The number of aliphatic hydroxyl groups is 1. The van der Waals surface area contributed by atoms with Crippen molar-refractivity contribution >= 4 is 0 Å². The summed E-state index contributed by atoms with van der Waals surface area (Å²) >= 11 is 0. The standard InChI is InChI=1S/C14H22O4/c1-9(10(2)15)6-11-7-12(16-3)14(18-5)13(8-11)17-4/h7-10,15H,6H2,1-5H3/t9?,10-/m1/s1. The van der Waals surface area contributed by atoms with E-state index < -0.39 is 0 Å². The van der Waals surface area contributed by atoms with Crippen LogP contribution in [0.15, 0.2) is 12.1 Å². The van der Waals surface area contributed by atoms with Gasteiger partial charge in [0.1, 0.15) is 0 Å². The van der Waals surface area contributed by atoms with Crippen molar-refractivity contribution in [2.75, 3.05) is 21.3 Å². The predicted octanol–water partition coefficient (Wildman–Crippen LogP) is 2.27. The third kappa shape index (κ3) is 3.29. The number of methoxy groups -OCH3 is 3. The molecule has 2 atom stereocenters. The minimum atomic E-state index is -0.343. The fourth-order valence-corrected chi connectivity index (χ4v) is 1.80. The van der Waals surface area contributed by atoms with E-state index in [2.05, 4.69) is 0 Å². The van der Waals surface area contributed by atoms with Crippen LogP contribution in [0, 0.1) is 5.92 Å². The molecule has 4 heteroatoms. The molecule has 1 aromatic rings. The van der Waals surface area contributed by atoms with Gasteiger partial charge in [0.2, 0.25) is 5.75 Å². The van der Waals surface area contributed by atoms with Crippen LogP contribution in [0.1, 0.15) is 19.4 Å². The van der Waals surface area contributed by atoms with Crippen LogP contribution in [0.2, 0.25) is 0 Å². The molecule has 0 heterocycles. The molecule has 0 saturated carbocycles. The zero-order valence-electron chi connectivity index (χ0n) is 11.7. The van der Waals surface area contributed by atoms with E-state index in [9.17, 15) is 5.11 Å². The topological polar surface area (TPSA) is 47.9 Å². The summed E-state index contributed by atoms with van der Waals surface area (Å²) in [6.07, 6.45) is 0.415. The normalized spacial score (nSPS) is 13.9. The maximum Gasteiger partial charge on any atom is 0.203 e. The van der Waals surface area contributed by atoms with E-state index in [-0.39, 0.29) is 12.0 Å². The molecule has 0 bridgehead atoms. The highest BCUT2D eigenvalue weighted by atomic mass is 16.5. The van der Waals surface area contributed by atoms with Crippen LogP contribution >= 0.6 is 0 Å². The molecule has 0 aliphatic heterocycles. The Kier molecular flexibility index (Phi) is 5.28. The minimum Gasteiger partial charge on any atom is -0.493 e. The zero-order chi connectivity index (χ0) is 13.7. The third-order valence-electron chi connectivity index (χ3n) is 3.11. The molecule has 102 valence electrons. The molecule has 0 aliphatic carbocycles. The Labute approximate surface area is 108 Å². The smallest absolute Gasteiger partial charge is 0.203 e. The van der Waals surface area contributed by atoms with Crippen LogP contribution < -0.4 is 14.2 Å². The number of hydrogen-bond acceptors (Lipinski definition) is 4. The molecule has 0 amide bonds. The van der Waals surface area contributed by atoms with E-state index >= 15 is 0 Å². The predicted molar refractivity (Wildman–Crippen MR) is 70.6 cm³/mol. The van der Waals surface area contributed by atoms with Gasteiger partial charge in [-0.05, 0) is 37.0 Å². The van der Waals surface area contributed by atoms with Crippen molar-refractivity contribution in [1.29, 1.82) is 0 Å². The lowest BCUT2D eigenvalue weighted by molar-refractivity contribution is 0.135. The SMILES string of the molecule is COc1cc(CC(C)[C@@H](C)O)cc(OC)c1OC. The lowest BCUT2D eigenvalue weighted by Gasteiger charge is -2.17. The second kappa shape index (κ2) is 6.50. The van der Waals surface area contributed by atoms with Gasteiger partial charge in [-0.2, -0.15) is 0 Å². The van der Waals surface area contributed by atoms with Gasteiger partial charge >= 0.3 is 0 Å². The van der Waals surface area contributed by atoms with E-state index in [1.165, 1.54) is 0 Å². The van der Waals surface area contributed by atoms with Crippen molar-refractivity contribution in [3.05, 3.63) is 17.7 Å². The summed E-state index contributed by atoms with van der Waals surface area (Å²) in [5.41, 5.74) is 1.05. The lowest BCUT2D eigenvalue weighted by atomic mass is 9.96. The second-order valence-electron chi connectivity index (χ2n) is 4.46. The molecule has 0 aromatic heterocycles. The van der Waals surface area contributed by atoms with E-state index in [4.69, 9.17) is 14.2 Å². The molecule has 1 rings (SSSR count). The molecule has 0 radical (unpaired) electrons. The first-order valence-electron chi connectivity index (χ1n) is 6.00. The Bertz CT molecular complexity index is 362. The molecular formula is C14H22O4. The third-order valence-corrected chi connectivity index (χ3v) is 3.11. The van der Waals surface area contributed by atoms with Crippen LogP contribution in [0.25, 0.3) is 0 Å². The van der Waals surface area contributed by atoms with Crippen molar-refractivity contribution in [3.8, 4) is 17.2 Å². The van der Waals surface area contributed by atoms with Crippen LogP contribution in [0.5, 0.6) is 17.2 Å². The molecule has 0 saturated heterocycles. The van der Waals surface area contributed by atoms with Crippen molar-refractivity contribution in [2.24, 2.45) is 5.92 Å². The summed E-state index contributed by atoms with van der Waals surface area (Å²) < 4.78 is 15.9. The van der Waals surface area contributed by atoms with Gasteiger partial charge in [-0.15, -0.1) is 0 Å². The summed E-state index contributed by atoms with van der Waals surface area (Å²) in [5.74, 6) is 2.05. The van der Waals surface area contributed by atoms with Gasteiger partial charge in [-0.1, -0.05) is 6.92 Å². The average Bonchev–Trinajstić information content (AvgIpc) is 2.37. The van der Waals surface area contributed by atoms with Crippen molar-refractivity contribution < 1.29 is 19.3 Å². The number of hydrogen-bond donors (Lipinski definition) is 1. The number of ether oxygens (including phenoxy) is 3. The van der Waals surface area contributed by atoms with Gasteiger partial charge in [0.05, 0.1) is 27.4 Å². The largest absolute Gasteiger partial charge is 0.493 e. The summed E-state index contributed by atoms with van der Waals surface area (Å²) in [6, 6.07) is 3.83. The van der Waals surface area contributed by atoms with E-state index in [1.807, 2.05) is 19.1 Å². The van der Waals surface area contributed by atoms with Gasteiger partial charge in [0.15, 0.2) is 11.5 Å². The summed E-state index contributed by atoms with van der Waals surface area (Å²) in [4.78, 5) is 0. The summed E-state index contributed by atoms with van der Waals surface area (Å²) in [5, 5.41) is 9.55. The van der Waals surface area contributed by atoms with E-state index in [0.29, 0.717) is 17.2 Å². The maximum absolute atomic E-state index is 9.55. The fraction of sp³-hybridized carbons (Fsp3) is 0.571. The molecule has 18 heavy (non-hydrogen) atoms. The molecule has 4 nitrogen and oxygen atoms in total. The monoisotopic (exact) mass is 254 g/mol. The number of benzene rings is 1. The second-order valence-corrected chi connectivity index (χ2v) is 4.46. The zero-order valence-corrected chi connectivity index (χ0v) is 11.7. The molecule has 0 aliphatic rings. The molecule has 0 fully saturated rings. The van der Waals surface area contributed by atoms with Crippen molar-refractivity contribution in [1.82, 2.24) is 0 Å². The first-order valence-corrected chi connectivity index (χ1v) is 6.00. The van der Waals surface area contributed by atoms with Gasteiger partial charge in [-0.3, -0.25) is 0 Å². The van der Waals surface area contributed by atoms with Gasteiger partial charge < -0.3 is 19.3 Å². The van der Waals surface area contributed by atoms with E-state index in [0.717, 1.165) is 12.0 Å². The number of rotatable bonds is 6. The van der Waals surface area contributed by atoms with Crippen LogP contribution in [-0.4, -0.2) is 32.5 Å².